The van der Waals surface area contributed by atoms with Gasteiger partial charge in [0.15, 0.2) is 23.2 Å². The number of nitrogens with one attached hydrogen (secondary N) is 2. The number of carbonyl (C=O) groups is 1. The van der Waals surface area contributed by atoms with Gasteiger partial charge in [0.25, 0.3) is 11.5 Å². The van der Waals surface area contributed by atoms with Crippen molar-refractivity contribution in [2.45, 2.75) is 55.8 Å². The molecule has 2 saturated heterocycles. The number of nitriles is 1. The standard InChI is InChI=1S/C32H37N8O12PS/c1-46-12-13-47-27-26(21(15-41)51-31(27)39-10-8-23(43)37-32(39)45)52-53(54,48-11-5-9-33)49-16-22-20(42)14-24(50-22)40-18-36-25-28(34-17-35-29(25)40)38-30(44)19-6-3-2-4-7-19/h2-4,6-8,10,17-18,20-22,24,26-27,31,41-42H,5,11-16H2,1H3,(H,37,43,45)(H,34,35,38,44)/t20-,21+,22+,24+,26+,27+,31+,53+/m0/s1. The molecule has 0 aliphatic carbocycles. The minimum Gasteiger partial charge on any atom is -0.394 e. The molecule has 54 heavy (non-hydrogen) atoms. The Kier molecular flexibility index (Phi) is 13.1. The molecule has 2 aliphatic rings. The molecule has 0 spiro atoms. The molecule has 2 fully saturated rings. The van der Waals surface area contributed by atoms with Crippen molar-refractivity contribution < 1.29 is 47.5 Å². The number of aliphatic hydroxyl groups excluding tert-OH is 2. The number of fused-ring (bicyclic) bond motifs is 1. The zero-order chi connectivity index (χ0) is 38.2. The number of aromatic nitrogens is 6. The molecule has 4 aromatic rings. The lowest BCUT2D eigenvalue weighted by atomic mass is 10.1. The van der Waals surface area contributed by atoms with Crippen LogP contribution in [0, 0.1) is 11.3 Å². The van der Waals surface area contributed by atoms with Gasteiger partial charge in [-0.3, -0.25) is 28.2 Å². The molecule has 20 nitrogen and oxygen atoms in total. The van der Waals surface area contributed by atoms with Gasteiger partial charge in [-0.25, -0.2) is 19.7 Å². The highest BCUT2D eigenvalue weighted by atomic mass is 32.5. The molecule has 5 heterocycles. The zero-order valence-electron chi connectivity index (χ0n) is 28.7. The summed E-state index contributed by atoms with van der Waals surface area (Å²) in [6, 6.07) is 11.7. The second kappa shape index (κ2) is 17.9. The Labute approximate surface area is 311 Å². The first-order valence-electron chi connectivity index (χ1n) is 16.6. The van der Waals surface area contributed by atoms with E-state index >= 15 is 0 Å². The number of rotatable bonds is 17. The summed E-state index contributed by atoms with van der Waals surface area (Å²) in [7, 11) is 1.47. The number of hydrogen-bond acceptors (Lipinski definition) is 17. The summed E-state index contributed by atoms with van der Waals surface area (Å²) >= 11 is 5.77. The van der Waals surface area contributed by atoms with Gasteiger partial charge in [-0.05, 0) is 23.9 Å². The van der Waals surface area contributed by atoms with Crippen LogP contribution in [-0.4, -0.2) is 116 Å². The number of aliphatic hydroxyl groups is 2. The molecule has 8 atom stereocenters. The summed E-state index contributed by atoms with van der Waals surface area (Å²) in [5.41, 5.74) is -0.347. The molecule has 0 saturated carbocycles. The summed E-state index contributed by atoms with van der Waals surface area (Å²) < 4.78 is 44.1. The topological polar surface area (TPSA) is 256 Å². The lowest BCUT2D eigenvalue weighted by molar-refractivity contribution is -0.0820. The molecule has 1 amide bonds. The molecule has 22 heteroatoms. The second-order valence-corrected chi connectivity index (χ2v) is 14.9. The number of methoxy groups -OCH3 is 1. The van der Waals surface area contributed by atoms with Crippen molar-refractivity contribution in [3.05, 3.63) is 81.7 Å². The van der Waals surface area contributed by atoms with Gasteiger partial charge in [-0.15, -0.1) is 0 Å². The predicted molar refractivity (Wildman–Crippen MR) is 189 cm³/mol. The smallest absolute Gasteiger partial charge is 0.330 e. The third-order valence-corrected chi connectivity index (χ3v) is 10.8. The largest absolute Gasteiger partial charge is 0.394 e. The van der Waals surface area contributed by atoms with Crippen molar-refractivity contribution in [3.8, 4) is 6.07 Å². The molecular formula is C32H37N8O12PS. The van der Waals surface area contributed by atoms with E-state index in [-0.39, 0.29) is 51.0 Å². The highest BCUT2D eigenvalue weighted by Crippen LogP contribution is 2.54. The van der Waals surface area contributed by atoms with E-state index in [1.165, 1.54) is 26.0 Å². The molecule has 0 bridgehead atoms. The summed E-state index contributed by atoms with van der Waals surface area (Å²) in [5, 5.41) is 33.3. The number of anilines is 1. The Hall–Kier alpha value is -4.30. The van der Waals surface area contributed by atoms with Gasteiger partial charge in [0.05, 0.1) is 58.0 Å². The number of aromatic amines is 1. The van der Waals surface area contributed by atoms with Crippen LogP contribution in [0.1, 0.15) is 35.7 Å². The maximum atomic E-state index is 12.8. The molecule has 2 aliphatic heterocycles. The number of imidazole rings is 1. The molecule has 4 N–H and O–H groups in total. The van der Waals surface area contributed by atoms with Crippen molar-refractivity contribution in [1.82, 2.24) is 29.1 Å². The van der Waals surface area contributed by atoms with E-state index in [1.54, 1.807) is 34.9 Å². The van der Waals surface area contributed by atoms with Crippen molar-refractivity contribution in [3.63, 3.8) is 0 Å². The van der Waals surface area contributed by atoms with Gasteiger partial charge in [0.2, 0.25) is 0 Å². The first kappa shape index (κ1) is 39.4. The monoisotopic (exact) mass is 788 g/mol. The van der Waals surface area contributed by atoms with E-state index in [2.05, 4.69) is 25.3 Å². The predicted octanol–water partition coefficient (Wildman–Crippen LogP) is 0.755. The highest BCUT2D eigenvalue weighted by molar-refractivity contribution is 8.07. The van der Waals surface area contributed by atoms with Crippen LogP contribution in [0.3, 0.4) is 0 Å². The van der Waals surface area contributed by atoms with Gasteiger partial charge in [0.1, 0.15) is 37.0 Å². The van der Waals surface area contributed by atoms with Crippen LogP contribution in [0.4, 0.5) is 5.82 Å². The average Bonchev–Trinajstić information content (AvgIpc) is 3.86. The average molecular weight is 789 g/mol. The number of nitrogens with zero attached hydrogens (tertiary/aromatic N) is 6. The van der Waals surface area contributed by atoms with Crippen molar-refractivity contribution in [2.24, 2.45) is 0 Å². The fourth-order valence-electron chi connectivity index (χ4n) is 5.85. The third kappa shape index (κ3) is 8.97. The first-order valence-corrected chi connectivity index (χ1v) is 19.2. The Morgan fingerprint density at radius 2 is 1.91 bits per heavy atom. The lowest BCUT2D eigenvalue weighted by Crippen LogP contribution is -2.41. The van der Waals surface area contributed by atoms with Crippen molar-refractivity contribution >= 4 is 41.4 Å². The van der Waals surface area contributed by atoms with Crippen molar-refractivity contribution in [2.75, 3.05) is 45.5 Å². The molecule has 1 aromatic carbocycles. The van der Waals surface area contributed by atoms with Gasteiger partial charge in [-0.1, -0.05) is 18.2 Å². The summed E-state index contributed by atoms with van der Waals surface area (Å²) in [6.45, 7) is -4.76. The molecule has 0 unspecified atom stereocenters. The number of hydrogen-bond donors (Lipinski definition) is 4. The van der Waals surface area contributed by atoms with E-state index in [4.69, 9.17) is 44.3 Å². The van der Waals surface area contributed by atoms with Crippen LogP contribution in [-0.2, 0) is 44.3 Å². The minimum absolute atomic E-state index is 0.0222. The van der Waals surface area contributed by atoms with Gasteiger partial charge in [0, 0.05) is 31.4 Å². The summed E-state index contributed by atoms with van der Waals surface area (Å²) in [5.74, 6) is -0.194. The molecule has 3 aromatic heterocycles. The van der Waals surface area contributed by atoms with Gasteiger partial charge in [-0.2, -0.15) is 5.26 Å². The maximum absolute atomic E-state index is 12.8. The SMILES string of the molecule is COCCO[C@@H]1[C@H](O[P@@](=S)(OCCC#N)OC[C@H]2O[C@@H](n3cnc4c(NC(=O)c5ccccc5)ncnc43)C[C@@H]2O)[C@@H](CO)O[C@H]1n1ccc(=O)[nH]c1=O. The van der Waals surface area contributed by atoms with Crippen LogP contribution in [0.5, 0.6) is 0 Å². The number of benzene rings is 1. The Morgan fingerprint density at radius 1 is 1.09 bits per heavy atom. The Morgan fingerprint density at radius 3 is 2.65 bits per heavy atom. The maximum Gasteiger partial charge on any atom is 0.330 e. The van der Waals surface area contributed by atoms with E-state index in [0.29, 0.717) is 16.7 Å². The normalized spacial score (nSPS) is 25.0. The second-order valence-electron chi connectivity index (χ2n) is 11.9. The molecule has 0 radical (unpaired) electrons. The number of H-pyrrole nitrogens is 1. The van der Waals surface area contributed by atoms with Gasteiger partial charge < -0.3 is 43.5 Å². The van der Waals surface area contributed by atoms with E-state index in [0.717, 1.165) is 10.6 Å². The van der Waals surface area contributed by atoms with E-state index < -0.39 is 67.6 Å². The highest BCUT2D eigenvalue weighted by Gasteiger charge is 2.50. The lowest BCUT2D eigenvalue weighted by Gasteiger charge is -2.30. The fraction of sp³-hybridized carbons (Fsp3) is 0.469. The number of amides is 1. The van der Waals surface area contributed by atoms with Crippen LogP contribution < -0.4 is 16.6 Å². The van der Waals surface area contributed by atoms with Crippen LogP contribution in [0.15, 0.2) is 64.8 Å². The van der Waals surface area contributed by atoms with Crippen LogP contribution in [0.25, 0.3) is 11.2 Å². The van der Waals surface area contributed by atoms with Crippen LogP contribution in [0.2, 0.25) is 0 Å². The first-order chi connectivity index (χ1) is 26.1. The summed E-state index contributed by atoms with van der Waals surface area (Å²) in [4.78, 5) is 52.3. The molecule has 288 valence electrons. The Bertz CT molecular complexity index is 2110. The minimum atomic E-state index is -3.84. The molecule has 6 rings (SSSR count). The van der Waals surface area contributed by atoms with Crippen LogP contribution >= 0.6 is 6.72 Å². The Balaban J connectivity index is 1.18. The number of ether oxygens (including phenoxy) is 4. The van der Waals surface area contributed by atoms with E-state index in [1.807, 2.05) is 6.07 Å². The van der Waals surface area contributed by atoms with Gasteiger partial charge >= 0.3 is 12.4 Å². The third-order valence-electron chi connectivity index (χ3n) is 8.44. The zero-order valence-corrected chi connectivity index (χ0v) is 30.4. The van der Waals surface area contributed by atoms with Crippen molar-refractivity contribution in [1.29, 1.82) is 5.26 Å². The van der Waals surface area contributed by atoms with E-state index in [9.17, 15) is 29.9 Å². The molecular weight excluding hydrogens is 751 g/mol. The quantitative estimate of drug-likeness (QED) is 0.0850. The fourth-order valence-corrected chi connectivity index (χ4v) is 7.95. The number of carbonyl (C=O) groups excluding carboxylic acids is 1. The summed E-state index contributed by atoms with van der Waals surface area (Å²) in [6.07, 6.45) is -3.35.